The number of rotatable bonds is 7. The summed E-state index contributed by atoms with van der Waals surface area (Å²) in [7, 11) is 0. The highest BCUT2D eigenvalue weighted by molar-refractivity contribution is 5.85. The van der Waals surface area contributed by atoms with E-state index in [0.29, 0.717) is 5.78 Å². The summed E-state index contributed by atoms with van der Waals surface area (Å²) in [6.07, 6.45) is 2.24. The minimum atomic E-state index is 0.0925. The number of hydrogen-bond donors (Lipinski definition) is 0. The third-order valence-electron chi connectivity index (χ3n) is 2.55. The van der Waals surface area contributed by atoms with E-state index in [4.69, 9.17) is 0 Å². The van der Waals surface area contributed by atoms with Crippen LogP contribution in [-0.4, -0.2) is 29.8 Å². The first-order valence-electron chi connectivity index (χ1n) is 5.82. The standard InChI is InChI=1S/C12H25NO/c1-6-8-13(9-7-2)11(5)12(14)10(3)4/h10-11H,6-9H2,1-5H3. The largest absolute Gasteiger partial charge is 0.298 e. The Bertz CT molecular complexity index is 160. The molecule has 0 fully saturated rings. The molecule has 1 atom stereocenters. The average Bonchev–Trinajstić information content (AvgIpc) is 2.15. The molecular weight excluding hydrogens is 174 g/mol. The Kier molecular flexibility index (Phi) is 6.81. The molecule has 0 aliphatic rings. The van der Waals surface area contributed by atoms with Crippen molar-refractivity contribution < 1.29 is 4.79 Å². The first-order chi connectivity index (χ1) is 6.54. The lowest BCUT2D eigenvalue weighted by Gasteiger charge is -2.28. The third-order valence-corrected chi connectivity index (χ3v) is 2.55. The van der Waals surface area contributed by atoms with Gasteiger partial charge < -0.3 is 0 Å². The molecule has 0 radical (unpaired) electrons. The molecule has 2 nitrogen and oxygen atoms in total. The molecule has 0 saturated carbocycles. The van der Waals surface area contributed by atoms with E-state index in [1.807, 2.05) is 20.8 Å². The first-order valence-corrected chi connectivity index (χ1v) is 5.82. The van der Waals surface area contributed by atoms with Gasteiger partial charge in [-0.25, -0.2) is 0 Å². The van der Waals surface area contributed by atoms with Crippen molar-refractivity contribution in [2.24, 2.45) is 5.92 Å². The third kappa shape index (κ3) is 4.23. The number of Topliss-reactive ketones (excluding diaryl/α,β-unsaturated/α-hetero) is 1. The summed E-state index contributed by atoms with van der Waals surface area (Å²) in [5.41, 5.74) is 0. The lowest BCUT2D eigenvalue weighted by Crippen LogP contribution is -2.41. The van der Waals surface area contributed by atoms with Crippen LogP contribution in [0.1, 0.15) is 47.5 Å². The minimum Gasteiger partial charge on any atom is -0.298 e. The van der Waals surface area contributed by atoms with Crippen molar-refractivity contribution in [2.45, 2.75) is 53.5 Å². The van der Waals surface area contributed by atoms with Crippen LogP contribution in [0.2, 0.25) is 0 Å². The molecule has 14 heavy (non-hydrogen) atoms. The van der Waals surface area contributed by atoms with Gasteiger partial charge in [0, 0.05) is 5.92 Å². The van der Waals surface area contributed by atoms with Gasteiger partial charge in [0.2, 0.25) is 0 Å². The van der Waals surface area contributed by atoms with Crippen molar-refractivity contribution in [1.82, 2.24) is 4.90 Å². The van der Waals surface area contributed by atoms with Crippen LogP contribution in [0, 0.1) is 5.92 Å². The fourth-order valence-corrected chi connectivity index (χ4v) is 1.74. The Labute approximate surface area is 88.7 Å². The van der Waals surface area contributed by atoms with E-state index in [-0.39, 0.29) is 12.0 Å². The van der Waals surface area contributed by atoms with Gasteiger partial charge in [-0.2, -0.15) is 0 Å². The van der Waals surface area contributed by atoms with Gasteiger partial charge in [-0.1, -0.05) is 27.7 Å². The summed E-state index contributed by atoms with van der Waals surface area (Å²) in [6, 6.07) is 0.0925. The van der Waals surface area contributed by atoms with E-state index in [1.54, 1.807) is 0 Å². The second-order valence-electron chi connectivity index (χ2n) is 4.27. The van der Waals surface area contributed by atoms with Gasteiger partial charge in [-0.15, -0.1) is 0 Å². The predicted molar refractivity (Wildman–Crippen MR) is 61.5 cm³/mol. The van der Waals surface area contributed by atoms with Gasteiger partial charge in [0.05, 0.1) is 6.04 Å². The molecule has 0 bridgehead atoms. The molecule has 0 heterocycles. The number of ketones is 1. The van der Waals surface area contributed by atoms with Crippen LogP contribution in [0.4, 0.5) is 0 Å². The maximum Gasteiger partial charge on any atom is 0.152 e. The fourth-order valence-electron chi connectivity index (χ4n) is 1.74. The number of carbonyl (C=O) groups excluding carboxylic acids is 1. The summed E-state index contributed by atoms with van der Waals surface area (Å²) in [5, 5.41) is 0. The fraction of sp³-hybridized carbons (Fsp3) is 0.917. The van der Waals surface area contributed by atoms with Gasteiger partial charge in [-0.3, -0.25) is 9.69 Å². The van der Waals surface area contributed by atoms with Gasteiger partial charge >= 0.3 is 0 Å². The minimum absolute atomic E-state index is 0.0925. The van der Waals surface area contributed by atoms with Crippen LogP contribution in [0.15, 0.2) is 0 Å². The second kappa shape index (κ2) is 6.99. The van der Waals surface area contributed by atoms with E-state index in [2.05, 4.69) is 18.7 Å². The Morgan fingerprint density at radius 3 is 1.79 bits per heavy atom. The Morgan fingerprint density at radius 1 is 1.07 bits per heavy atom. The van der Waals surface area contributed by atoms with Crippen LogP contribution in [0.25, 0.3) is 0 Å². The van der Waals surface area contributed by atoms with Gasteiger partial charge in [0.15, 0.2) is 5.78 Å². The zero-order valence-corrected chi connectivity index (χ0v) is 10.3. The highest BCUT2D eigenvalue weighted by Crippen LogP contribution is 2.08. The summed E-state index contributed by atoms with van der Waals surface area (Å²) >= 11 is 0. The molecule has 0 aromatic heterocycles. The highest BCUT2D eigenvalue weighted by Gasteiger charge is 2.21. The van der Waals surface area contributed by atoms with Crippen LogP contribution in [0.3, 0.4) is 0 Å². The van der Waals surface area contributed by atoms with Crippen molar-refractivity contribution in [2.75, 3.05) is 13.1 Å². The first kappa shape index (κ1) is 13.6. The second-order valence-corrected chi connectivity index (χ2v) is 4.27. The topological polar surface area (TPSA) is 20.3 Å². The monoisotopic (exact) mass is 199 g/mol. The molecule has 84 valence electrons. The van der Waals surface area contributed by atoms with E-state index in [1.165, 1.54) is 0 Å². The quantitative estimate of drug-likeness (QED) is 0.628. The van der Waals surface area contributed by atoms with Crippen molar-refractivity contribution in [3.8, 4) is 0 Å². The molecule has 2 heteroatoms. The number of hydrogen-bond acceptors (Lipinski definition) is 2. The molecule has 0 amide bonds. The SMILES string of the molecule is CCCN(CCC)C(C)C(=O)C(C)C. The molecule has 0 spiro atoms. The Balaban J connectivity index is 4.26. The lowest BCUT2D eigenvalue weighted by atomic mass is 10.0. The summed E-state index contributed by atoms with van der Waals surface area (Å²) in [4.78, 5) is 14.1. The summed E-state index contributed by atoms with van der Waals surface area (Å²) < 4.78 is 0. The van der Waals surface area contributed by atoms with Crippen molar-refractivity contribution >= 4 is 5.78 Å². The Hall–Kier alpha value is -0.370. The molecule has 0 aromatic carbocycles. The van der Waals surface area contributed by atoms with Gasteiger partial charge in [-0.05, 0) is 32.9 Å². The van der Waals surface area contributed by atoms with Gasteiger partial charge in [0.1, 0.15) is 0 Å². The van der Waals surface area contributed by atoms with E-state index < -0.39 is 0 Å². The normalized spacial score (nSPS) is 13.6. The molecule has 0 aliphatic carbocycles. The molecular formula is C12H25NO. The molecule has 0 aromatic rings. The highest BCUT2D eigenvalue weighted by atomic mass is 16.1. The smallest absolute Gasteiger partial charge is 0.152 e. The molecule has 0 rings (SSSR count). The lowest BCUT2D eigenvalue weighted by molar-refractivity contribution is -0.126. The zero-order chi connectivity index (χ0) is 11.1. The van der Waals surface area contributed by atoms with E-state index in [9.17, 15) is 4.79 Å². The van der Waals surface area contributed by atoms with Crippen LogP contribution >= 0.6 is 0 Å². The summed E-state index contributed by atoms with van der Waals surface area (Å²) in [5.74, 6) is 0.521. The van der Waals surface area contributed by atoms with Crippen molar-refractivity contribution in [3.05, 3.63) is 0 Å². The number of nitrogens with zero attached hydrogens (tertiary/aromatic N) is 1. The maximum absolute atomic E-state index is 11.8. The maximum atomic E-state index is 11.8. The van der Waals surface area contributed by atoms with Gasteiger partial charge in [0.25, 0.3) is 0 Å². The van der Waals surface area contributed by atoms with Crippen molar-refractivity contribution in [1.29, 1.82) is 0 Å². The molecule has 0 saturated heterocycles. The van der Waals surface area contributed by atoms with Crippen LogP contribution in [0.5, 0.6) is 0 Å². The summed E-state index contributed by atoms with van der Waals surface area (Å²) in [6.45, 7) is 12.4. The van der Waals surface area contributed by atoms with Crippen molar-refractivity contribution in [3.63, 3.8) is 0 Å². The molecule has 0 aliphatic heterocycles. The van der Waals surface area contributed by atoms with E-state index >= 15 is 0 Å². The zero-order valence-electron chi connectivity index (χ0n) is 10.3. The molecule has 1 unspecified atom stereocenters. The molecule has 0 N–H and O–H groups in total. The average molecular weight is 199 g/mol. The Morgan fingerprint density at radius 2 is 1.50 bits per heavy atom. The van der Waals surface area contributed by atoms with Crippen LogP contribution in [-0.2, 0) is 4.79 Å². The predicted octanol–water partition coefficient (Wildman–Crippen LogP) is 2.72. The van der Waals surface area contributed by atoms with E-state index in [0.717, 1.165) is 25.9 Å². The number of carbonyl (C=O) groups is 1. The van der Waals surface area contributed by atoms with Crippen LogP contribution < -0.4 is 0 Å².